The predicted octanol–water partition coefficient (Wildman–Crippen LogP) is 1.24. The first-order valence-electron chi connectivity index (χ1n) is 6.18. The smallest absolute Gasteiger partial charge is 0.306 e. The van der Waals surface area contributed by atoms with Gasteiger partial charge in [-0.2, -0.15) is 0 Å². The Balaban J connectivity index is 1.67. The maximum absolute atomic E-state index is 11.0. The van der Waals surface area contributed by atoms with Gasteiger partial charge in [0.25, 0.3) is 0 Å². The first-order valence-corrected chi connectivity index (χ1v) is 6.18. The van der Waals surface area contributed by atoms with Gasteiger partial charge in [-0.25, -0.2) is 0 Å². The van der Waals surface area contributed by atoms with Crippen molar-refractivity contribution in [1.82, 2.24) is 5.32 Å². The zero-order valence-electron chi connectivity index (χ0n) is 9.96. The molecule has 2 fully saturated rings. The molecule has 4 heteroatoms. The lowest BCUT2D eigenvalue weighted by atomic mass is 9.74. The molecule has 0 aromatic heterocycles. The molecule has 1 spiro atoms. The molecule has 1 aliphatic heterocycles. The Morgan fingerprint density at radius 3 is 3.00 bits per heavy atom. The summed E-state index contributed by atoms with van der Waals surface area (Å²) in [6.07, 6.45) is 6.34. The van der Waals surface area contributed by atoms with Crippen molar-refractivity contribution in [2.45, 2.75) is 50.2 Å². The lowest BCUT2D eigenvalue weighted by Gasteiger charge is -2.47. The van der Waals surface area contributed by atoms with Gasteiger partial charge in [-0.1, -0.05) is 0 Å². The van der Waals surface area contributed by atoms with Crippen molar-refractivity contribution < 1.29 is 14.3 Å². The number of nitrogens with one attached hydrogen (secondary N) is 1. The Bertz CT molecular complexity index is 251. The quantitative estimate of drug-likeness (QED) is 0.734. The highest BCUT2D eigenvalue weighted by molar-refractivity contribution is 5.69. The second-order valence-electron chi connectivity index (χ2n) is 4.86. The van der Waals surface area contributed by atoms with Crippen LogP contribution in [0, 0.1) is 0 Å². The Hall–Kier alpha value is -0.610. The molecule has 16 heavy (non-hydrogen) atoms. The molecule has 1 atom stereocenters. The van der Waals surface area contributed by atoms with E-state index in [1.165, 1.54) is 26.4 Å². The van der Waals surface area contributed by atoms with Gasteiger partial charge in [0.05, 0.1) is 19.1 Å². The van der Waals surface area contributed by atoms with Crippen LogP contribution < -0.4 is 5.32 Å². The lowest BCUT2D eigenvalue weighted by Crippen LogP contribution is -2.51. The van der Waals surface area contributed by atoms with Crippen molar-refractivity contribution in [2.75, 3.05) is 20.3 Å². The third-order valence-corrected chi connectivity index (χ3v) is 3.75. The number of carbonyl (C=O) groups excluding carboxylic acids is 1. The van der Waals surface area contributed by atoms with E-state index in [2.05, 4.69) is 10.1 Å². The summed E-state index contributed by atoms with van der Waals surface area (Å²) in [5.41, 5.74) is 0.182. The van der Waals surface area contributed by atoms with E-state index in [9.17, 15) is 4.79 Å². The fraction of sp³-hybridized carbons (Fsp3) is 0.917. The van der Waals surface area contributed by atoms with E-state index in [1.807, 2.05) is 0 Å². The number of hydrogen-bond acceptors (Lipinski definition) is 4. The zero-order valence-corrected chi connectivity index (χ0v) is 9.96. The summed E-state index contributed by atoms with van der Waals surface area (Å²) in [5.74, 6) is -0.141. The minimum absolute atomic E-state index is 0.141. The Morgan fingerprint density at radius 2 is 2.38 bits per heavy atom. The molecule has 1 unspecified atom stereocenters. The first-order chi connectivity index (χ1) is 7.74. The van der Waals surface area contributed by atoms with Crippen molar-refractivity contribution in [1.29, 1.82) is 0 Å². The molecule has 92 valence electrons. The molecular weight excluding hydrogens is 206 g/mol. The fourth-order valence-corrected chi connectivity index (χ4v) is 2.60. The van der Waals surface area contributed by atoms with Crippen LogP contribution in [-0.2, 0) is 14.3 Å². The Morgan fingerprint density at radius 1 is 1.56 bits per heavy atom. The van der Waals surface area contributed by atoms with Crippen LogP contribution in [0.3, 0.4) is 0 Å². The topological polar surface area (TPSA) is 47.6 Å². The van der Waals surface area contributed by atoms with Gasteiger partial charge in [0.15, 0.2) is 0 Å². The summed E-state index contributed by atoms with van der Waals surface area (Å²) in [6.45, 7) is 1.57. The molecule has 0 aromatic rings. The van der Waals surface area contributed by atoms with Gasteiger partial charge in [-0.05, 0) is 32.1 Å². The van der Waals surface area contributed by atoms with Crippen LogP contribution in [0.1, 0.15) is 38.5 Å². The Labute approximate surface area is 96.7 Å². The second kappa shape index (κ2) is 5.15. The zero-order chi connectivity index (χ0) is 11.4. The number of methoxy groups -OCH3 is 1. The summed E-state index contributed by atoms with van der Waals surface area (Å²) in [7, 11) is 1.43. The summed E-state index contributed by atoms with van der Waals surface area (Å²) in [4.78, 5) is 11.0. The molecule has 0 aromatic carbocycles. The number of rotatable bonds is 4. The van der Waals surface area contributed by atoms with Gasteiger partial charge in [-0.15, -0.1) is 0 Å². The SMILES string of the molecule is COC(=O)CCNC1CCOC2(CCC2)C1. The standard InChI is InChI=1S/C12H21NO3/c1-15-11(14)3-7-13-10-4-8-16-12(9-10)5-2-6-12/h10,13H,2-9H2,1H3. The molecule has 0 amide bonds. The molecule has 2 aliphatic rings. The largest absolute Gasteiger partial charge is 0.469 e. The molecule has 1 N–H and O–H groups in total. The van der Waals surface area contributed by atoms with Crippen molar-refractivity contribution in [3.05, 3.63) is 0 Å². The van der Waals surface area contributed by atoms with Gasteiger partial charge >= 0.3 is 5.97 Å². The number of esters is 1. The minimum Gasteiger partial charge on any atom is -0.469 e. The molecular formula is C12H21NO3. The Kier molecular flexibility index (Phi) is 3.82. The van der Waals surface area contributed by atoms with E-state index >= 15 is 0 Å². The van der Waals surface area contributed by atoms with Crippen LogP contribution in [0.15, 0.2) is 0 Å². The van der Waals surface area contributed by atoms with Gasteiger partial charge in [-0.3, -0.25) is 4.79 Å². The summed E-state index contributed by atoms with van der Waals surface area (Å²) in [5, 5.41) is 3.43. The fourth-order valence-electron chi connectivity index (χ4n) is 2.60. The summed E-state index contributed by atoms with van der Waals surface area (Å²) in [6, 6.07) is 0.513. The van der Waals surface area contributed by atoms with Crippen molar-refractivity contribution >= 4 is 5.97 Å². The molecule has 4 nitrogen and oxygen atoms in total. The number of hydrogen-bond donors (Lipinski definition) is 1. The predicted molar refractivity (Wildman–Crippen MR) is 60.2 cm³/mol. The molecule has 1 saturated heterocycles. The van der Waals surface area contributed by atoms with E-state index < -0.39 is 0 Å². The molecule has 2 rings (SSSR count). The average Bonchev–Trinajstić information content (AvgIpc) is 2.27. The average molecular weight is 227 g/mol. The summed E-state index contributed by atoms with van der Waals surface area (Å²) < 4.78 is 10.5. The van der Waals surface area contributed by atoms with E-state index in [1.54, 1.807) is 0 Å². The van der Waals surface area contributed by atoms with Gasteiger partial charge in [0, 0.05) is 19.2 Å². The highest BCUT2D eigenvalue weighted by Gasteiger charge is 2.42. The van der Waals surface area contributed by atoms with Gasteiger partial charge < -0.3 is 14.8 Å². The van der Waals surface area contributed by atoms with Crippen molar-refractivity contribution in [2.24, 2.45) is 0 Å². The van der Waals surface area contributed by atoms with E-state index in [0.29, 0.717) is 19.0 Å². The van der Waals surface area contributed by atoms with Crippen LogP contribution >= 0.6 is 0 Å². The van der Waals surface area contributed by atoms with Crippen LogP contribution in [-0.4, -0.2) is 37.9 Å². The maximum Gasteiger partial charge on any atom is 0.306 e. The maximum atomic E-state index is 11.0. The highest BCUT2D eigenvalue weighted by atomic mass is 16.5. The third-order valence-electron chi connectivity index (χ3n) is 3.75. The molecule has 0 bridgehead atoms. The third kappa shape index (κ3) is 2.74. The molecule has 0 radical (unpaired) electrons. The van der Waals surface area contributed by atoms with E-state index in [0.717, 1.165) is 19.4 Å². The van der Waals surface area contributed by atoms with Gasteiger partial charge in [0.2, 0.25) is 0 Å². The van der Waals surface area contributed by atoms with Crippen molar-refractivity contribution in [3.63, 3.8) is 0 Å². The monoisotopic (exact) mass is 227 g/mol. The number of carbonyl (C=O) groups is 1. The highest BCUT2D eigenvalue weighted by Crippen LogP contribution is 2.42. The first kappa shape index (κ1) is 11.9. The number of ether oxygens (including phenoxy) is 2. The molecule has 1 heterocycles. The van der Waals surface area contributed by atoms with Gasteiger partial charge in [0.1, 0.15) is 0 Å². The van der Waals surface area contributed by atoms with Crippen LogP contribution in [0.2, 0.25) is 0 Å². The summed E-state index contributed by atoms with van der Waals surface area (Å²) >= 11 is 0. The van der Waals surface area contributed by atoms with Crippen LogP contribution in [0.25, 0.3) is 0 Å². The van der Waals surface area contributed by atoms with E-state index in [4.69, 9.17) is 4.74 Å². The molecule has 1 aliphatic carbocycles. The van der Waals surface area contributed by atoms with Crippen LogP contribution in [0.4, 0.5) is 0 Å². The van der Waals surface area contributed by atoms with E-state index in [-0.39, 0.29) is 11.6 Å². The van der Waals surface area contributed by atoms with Crippen molar-refractivity contribution in [3.8, 4) is 0 Å². The molecule has 1 saturated carbocycles. The minimum atomic E-state index is -0.141. The second-order valence-corrected chi connectivity index (χ2v) is 4.86. The normalized spacial score (nSPS) is 27.4. The lowest BCUT2D eigenvalue weighted by molar-refractivity contribution is -0.141. The van der Waals surface area contributed by atoms with Crippen LogP contribution in [0.5, 0.6) is 0 Å².